The van der Waals surface area contributed by atoms with E-state index in [1.807, 2.05) is 0 Å². The van der Waals surface area contributed by atoms with Crippen molar-refractivity contribution >= 4 is 11.9 Å². The standard InChI is InChI=1S/C17H23N3O3/c1-10(20-14(16(22)23)2-3-18-20)15(21)19-17-7-11-4-12(8-17)6-13(5-11)9-17/h2-3,10-13H,4-9H2,1H3,(H,19,21)(H,22,23). The topological polar surface area (TPSA) is 84.2 Å². The fourth-order valence-corrected chi connectivity index (χ4v) is 5.53. The molecule has 23 heavy (non-hydrogen) atoms. The van der Waals surface area contributed by atoms with Crippen molar-refractivity contribution in [3.05, 3.63) is 18.0 Å². The van der Waals surface area contributed by atoms with Crippen molar-refractivity contribution in [2.24, 2.45) is 17.8 Å². The van der Waals surface area contributed by atoms with Crippen LogP contribution in [0.15, 0.2) is 12.3 Å². The minimum absolute atomic E-state index is 0.0539. The summed E-state index contributed by atoms with van der Waals surface area (Å²) in [6, 6.07) is 0.820. The third-order valence-electron chi connectivity index (χ3n) is 6.06. The molecule has 0 aromatic carbocycles. The number of carboxylic acids is 1. The minimum atomic E-state index is -1.06. The van der Waals surface area contributed by atoms with Gasteiger partial charge in [-0.05, 0) is 69.3 Å². The summed E-state index contributed by atoms with van der Waals surface area (Å²) in [7, 11) is 0. The van der Waals surface area contributed by atoms with Crippen LogP contribution in [0.5, 0.6) is 0 Å². The lowest BCUT2D eigenvalue weighted by molar-refractivity contribution is -0.130. The molecule has 0 aliphatic heterocycles. The van der Waals surface area contributed by atoms with Gasteiger partial charge in [0.1, 0.15) is 11.7 Å². The highest BCUT2D eigenvalue weighted by atomic mass is 16.4. The van der Waals surface area contributed by atoms with Gasteiger partial charge in [-0.1, -0.05) is 0 Å². The zero-order valence-electron chi connectivity index (χ0n) is 13.4. The van der Waals surface area contributed by atoms with Gasteiger partial charge >= 0.3 is 5.97 Å². The second-order valence-corrected chi connectivity index (χ2v) is 7.83. The first-order valence-corrected chi connectivity index (χ1v) is 8.54. The van der Waals surface area contributed by atoms with E-state index >= 15 is 0 Å². The van der Waals surface area contributed by atoms with E-state index in [0.29, 0.717) is 0 Å². The number of carbonyl (C=O) groups excluding carboxylic acids is 1. The van der Waals surface area contributed by atoms with E-state index in [9.17, 15) is 14.7 Å². The highest BCUT2D eigenvalue weighted by Gasteiger charge is 2.51. The molecular weight excluding hydrogens is 294 g/mol. The Morgan fingerprint density at radius 3 is 2.35 bits per heavy atom. The van der Waals surface area contributed by atoms with Gasteiger partial charge in [0.25, 0.3) is 0 Å². The van der Waals surface area contributed by atoms with Crippen molar-refractivity contribution in [3.8, 4) is 0 Å². The number of aromatic nitrogens is 2. The molecule has 4 fully saturated rings. The fourth-order valence-electron chi connectivity index (χ4n) is 5.53. The second kappa shape index (κ2) is 5.08. The third-order valence-corrected chi connectivity index (χ3v) is 6.06. The quantitative estimate of drug-likeness (QED) is 0.892. The Balaban J connectivity index is 1.51. The Bertz CT molecular complexity index is 616. The first kappa shape index (κ1) is 14.7. The van der Waals surface area contributed by atoms with E-state index in [1.165, 1.54) is 36.2 Å². The molecule has 6 heteroatoms. The Labute approximate surface area is 135 Å². The predicted octanol–water partition coefficient (Wildman–Crippen LogP) is 2.23. The zero-order chi connectivity index (χ0) is 16.2. The SMILES string of the molecule is CC(C(=O)NC12CC3CC(CC(C3)C1)C2)n1nccc1C(=O)O. The van der Waals surface area contributed by atoms with E-state index in [1.54, 1.807) is 6.92 Å². The molecule has 4 aliphatic rings. The third kappa shape index (κ3) is 2.44. The molecule has 1 aromatic rings. The molecule has 1 heterocycles. The highest BCUT2D eigenvalue weighted by Crippen LogP contribution is 2.55. The molecular formula is C17H23N3O3. The summed E-state index contributed by atoms with van der Waals surface area (Å²) in [5.74, 6) is 1.11. The summed E-state index contributed by atoms with van der Waals surface area (Å²) in [6.45, 7) is 1.72. The Morgan fingerprint density at radius 2 is 1.83 bits per heavy atom. The number of carbonyl (C=O) groups is 2. The van der Waals surface area contributed by atoms with Crippen molar-refractivity contribution in [1.29, 1.82) is 0 Å². The first-order valence-electron chi connectivity index (χ1n) is 8.54. The molecule has 6 nitrogen and oxygen atoms in total. The van der Waals surface area contributed by atoms with Crippen molar-refractivity contribution in [2.75, 3.05) is 0 Å². The fraction of sp³-hybridized carbons (Fsp3) is 0.706. The highest BCUT2D eigenvalue weighted by molar-refractivity contribution is 5.87. The van der Waals surface area contributed by atoms with E-state index in [-0.39, 0.29) is 17.1 Å². The average molecular weight is 317 g/mol. The Kier molecular flexibility index (Phi) is 3.25. The van der Waals surface area contributed by atoms with Gasteiger partial charge in [0.2, 0.25) is 5.91 Å². The van der Waals surface area contributed by atoms with Gasteiger partial charge in [-0.2, -0.15) is 5.10 Å². The maximum absolute atomic E-state index is 12.7. The van der Waals surface area contributed by atoms with Crippen LogP contribution in [-0.2, 0) is 4.79 Å². The summed E-state index contributed by atoms with van der Waals surface area (Å²) in [4.78, 5) is 24.0. The number of nitrogens with zero attached hydrogens (tertiary/aromatic N) is 2. The number of aromatic carboxylic acids is 1. The molecule has 0 radical (unpaired) electrons. The van der Waals surface area contributed by atoms with E-state index in [4.69, 9.17) is 0 Å². The summed E-state index contributed by atoms with van der Waals surface area (Å²) in [6.07, 6.45) is 8.66. The van der Waals surface area contributed by atoms with Crippen LogP contribution in [0.4, 0.5) is 0 Å². The lowest BCUT2D eigenvalue weighted by Crippen LogP contribution is -2.60. The normalized spacial score (nSPS) is 36.0. The summed E-state index contributed by atoms with van der Waals surface area (Å²) < 4.78 is 1.30. The summed E-state index contributed by atoms with van der Waals surface area (Å²) >= 11 is 0. The van der Waals surface area contributed by atoms with E-state index in [0.717, 1.165) is 37.0 Å². The largest absolute Gasteiger partial charge is 0.477 e. The number of nitrogens with one attached hydrogen (secondary N) is 1. The van der Waals surface area contributed by atoms with Crippen molar-refractivity contribution in [2.45, 2.75) is 57.0 Å². The molecule has 1 atom stereocenters. The Morgan fingerprint density at radius 1 is 1.26 bits per heavy atom. The number of rotatable bonds is 4. The minimum Gasteiger partial charge on any atom is -0.477 e. The Hall–Kier alpha value is -1.85. The van der Waals surface area contributed by atoms with Crippen LogP contribution in [0.1, 0.15) is 62.0 Å². The lowest BCUT2D eigenvalue weighted by Gasteiger charge is -2.57. The van der Waals surface area contributed by atoms with Crippen LogP contribution in [-0.4, -0.2) is 32.3 Å². The average Bonchev–Trinajstić information content (AvgIpc) is 2.93. The molecule has 4 aliphatic carbocycles. The van der Waals surface area contributed by atoms with Crippen LogP contribution in [0.3, 0.4) is 0 Å². The summed E-state index contributed by atoms with van der Waals surface area (Å²) in [5.41, 5.74) is -0.00504. The zero-order valence-corrected chi connectivity index (χ0v) is 13.4. The van der Waals surface area contributed by atoms with Crippen LogP contribution in [0, 0.1) is 17.8 Å². The van der Waals surface area contributed by atoms with Crippen LogP contribution >= 0.6 is 0 Å². The van der Waals surface area contributed by atoms with Crippen LogP contribution in [0.25, 0.3) is 0 Å². The molecule has 5 rings (SSSR count). The summed E-state index contributed by atoms with van der Waals surface area (Å²) in [5, 5.41) is 16.5. The van der Waals surface area contributed by atoms with Crippen molar-refractivity contribution < 1.29 is 14.7 Å². The van der Waals surface area contributed by atoms with E-state index in [2.05, 4.69) is 10.4 Å². The van der Waals surface area contributed by atoms with Gasteiger partial charge in [-0.15, -0.1) is 0 Å². The van der Waals surface area contributed by atoms with Crippen molar-refractivity contribution in [3.63, 3.8) is 0 Å². The molecule has 0 saturated heterocycles. The van der Waals surface area contributed by atoms with Gasteiger partial charge < -0.3 is 10.4 Å². The van der Waals surface area contributed by atoms with Gasteiger partial charge in [-0.3, -0.25) is 4.79 Å². The molecule has 1 unspecified atom stereocenters. The van der Waals surface area contributed by atoms with Gasteiger partial charge in [0.05, 0.1) is 0 Å². The molecule has 0 spiro atoms. The molecule has 124 valence electrons. The van der Waals surface area contributed by atoms with Crippen molar-refractivity contribution in [1.82, 2.24) is 15.1 Å². The number of carboxylic acid groups (broad SMARTS) is 1. The van der Waals surface area contributed by atoms with Crippen LogP contribution < -0.4 is 5.32 Å². The first-order chi connectivity index (χ1) is 11.0. The molecule has 2 N–H and O–H groups in total. The second-order valence-electron chi connectivity index (χ2n) is 7.83. The maximum Gasteiger partial charge on any atom is 0.354 e. The number of hydrogen-bond donors (Lipinski definition) is 2. The predicted molar refractivity (Wildman–Crippen MR) is 82.9 cm³/mol. The van der Waals surface area contributed by atoms with Gasteiger partial charge in [-0.25, -0.2) is 9.48 Å². The lowest BCUT2D eigenvalue weighted by atomic mass is 9.53. The molecule has 1 aromatic heterocycles. The number of hydrogen-bond acceptors (Lipinski definition) is 3. The monoisotopic (exact) mass is 317 g/mol. The van der Waals surface area contributed by atoms with Gasteiger partial charge in [0, 0.05) is 11.7 Å². The molecule has 4 saturated carbocycles. The van der Waals surface area contributed by atoms with Gasteiger partial charge in [0.15, 0.2) is 0 Å². The molecule has 4 bridgehead atoms. The number of amides is 1. The van der Waals surface area contributed by atoms with Crippen LogP contribution in [0.2, 0.25) is 0 Å². The maximum atomic E-state index is 12.7. The van der Waals surface area contributed by atoms with E-state index < -0.39 is 12.0 Å². The molecule has 1 amide bonds. The smallest absolute Gasteiger partial charge is 0.354 e.